The minimum absolute atomic E-state index is 0.0204. The normalized spacial score (nSPS) is 24.4. The molecule has 1 N–H and O–H groups in total. The van der Waals surface area contributed by atoms with Crippen LogP contribution in [-0.4, -0.2) is 46.0 Å². The van der Waals surface area contributed by atoms with Crippen LogP contribution in [0.4, 0.5) is 0 Å². The number of aryl methyl sites for hydroxylation is 2. The number of aromatic nitrogens is 2. The number of carbonyl (C=O) groups excluding carboxylic acids is 1. The van der Waals surface area contributed by atoms with Crippen molar-refractivity contribution in [2.75, 3.05) is 13.6 Å². The van der Waals surface area contributed by atoms with E-state index in [1.54, 1.807) is 6.20 Å². The maximum atomic E-state index is 13.4. The molecule has 2 aromatic rings. The lowest BCUT2D eigenvalue weighted by atomic mass is 9.81. The van der Waals surface area contributed by atoms with Crippen LogP contribution >= 0.6 is 0 Å². The molecule has 4 rings (SSSR count). The maximum Gasteiger partial charge on any atom is 0.257 e. The molecule has 1 fully saturated rings. The summed E-state index contributed by atoms with van der Waals surface area (Å²) in [6.07, 6.45) is 5.61. The Hall–Kier alpha value is -2.47. The topological polar surface area (TPSA) is 67.4 Å². The summed E-state index contributed by atoms with van der Waals surface area (Å²) in [4.78, 5) is 24.0. The fraction of sp³-hybridized carbons (Fsp3) is 0.500. The SMILES string of the molecule is CNC1CCC2(CC1)CN(C(=O)c1cnc(C)nc1C)Cc1ccccc1O2. The third-order valence-electron chi connectivity index (χ3n) is 6.06. The van der Waals surface area contributed by atoms with E-state index in [0.717, 1.165) is 42.7 Å². The molecule has 1 aliphatic heterocycles. The minimum atomic E-state index is -0.338. The summed E-state index contributed by atoms with van der Waals surface area (Å²) in [6.45, 7) is 4.84. The van der Waals surface area contributed by atoms with Gasteiger partial charge in [0.2, 0.25) is 0 Å². The molecule has 1 amide bonds. The van der Waals surface area contributed by atoms with Gasteiger partial charge in [-0.3, -0.25) is 4.79 Å². The van der Waals surface area contributed by atoms with E-state index in [9.17, 15) is 4.79 Å². The first-order valence-electron chi connectivity index (χ1n) is 10.0. The van der Waals surface area contributed by atoms with E-state index in [0.29, 0.717) is 30.5 Å². The van der Waals surface area contributed by atoms with Crippen LogP contribution in [0.3, 0.4) is 0 Å². The zero-order valence-corrected chi connectivity index (χ0v) is 16.9. The predicted molar refractivity (Wildman–Crippen MR) is 107 cm³/mol. The number of nitrogens with zero attached hydrogens (tertiary/aromatic N) is 3. The number of para-hydroxylation sites is 1. The summed E-state index contributed by atoms with van der Waals surface area (Å²) in [6, 6.07) is 8.59. The molecule has 1 saturated carbocycles. The van der Waals surface area contributed by atoms with Crippen LogP contribution in [0.1, 0.15) is 53.1 Å². The first kappa shape index (κ1) is 18.9. The van der Waals surface area contributed by atoms with Gasteiger partial charge in [0.05, 0.1) is 17.8 Å². The zero-order chi connectivity index (χ0) is 19.7. The second-order valence-electron chi connectivity index (χ2n) is 8.03. The fourth-order valence-corrected chi connectivity index (χ4v) is 4.41. The number of benzene rings is 1. The van der Waals surface area contributed by atoms with Gasteiger partial charge in [-0.15, -0.1) is 0 Å². The Kier molecular flexibility index (Phi) is 5.06. The van der Waals surface area contributed by atoms with Gasteiger partial charge in [0.25, 0.3) is 5.91 Å². The number of fused-ring (bicyclic) bond motifs is 1. The van der Waals surface area contributed by atoms with Gasteiger partial charge in [0, 0.05) is 24.3 Å². The second-order valence-corrected chi connectivity index (χ2v) is 8.03. The van der Waals surface area contributed by atoms with E-state index in [2.05, 4.69) is 15.3 Å². The highest BCUT2D eigenvalue weighted by Crippen LogP contribution is 2.38. The number of ether oxygens (including phenoxy) is 1. The third-order valence-corrected chi connectivity index (χ3v) is 6.06. The van der Waals surface area contributed by atoms with Crippen molar-refractivity contribution in [3.8, 4) is 5.75 Å². The zero-order valence-electron chi connectivity index (χ0n) is 16.9. The molecule has 1 aromatic heterocycles. The van der Waals surface area contributed by atoms with Gasteiger partial charge < -0.3 is 15.0 Å². The van der Waals surface area contributed by atoms with Gasteiger partial charge in [-0.25, -0.2) is 9.97 Å². The second kappa shape index (κ2) is 7.51. The van der Waals surface area contributed by atoms with Crippen LogP contribution in [0, 0.1) is 13.8 Å². The van der Waals surface area contributed by atoms with Gasteiger partial charge in [0.1, 0.15) is 17.2 Å². The molecule has 0 saturated heterocycles. The summed E-state index contributed by atoms with van der Waals surface area (Å²) in [5.74, 6) is 1.56. The Morgan fingerprint density at radius 3 is 2.71 bits per heavy atom. The van der Waals surface area contributed by atoms with Crippen molar-refractivity contribution in [1.82, 2.24) is 20.2 Å². The largest absolute Gasteiger partial charge is 0.485 e. The molecule has 0 unspecified atom stereocenters. The Bertz CT molecular complexity index is 875. The number of carbonyl (C=O) groups is 1. The van der Waals surface area contributed by atoms with Crippen LogP contribution in [0.2, 0.25) is 0 Å². The summed E-state index contributed by atoms with van der Waals surface area (Å²) >= 11 is 0. The summed E-state index contributed by atoms with van der Waals surface area (Å²) in [7, 11) is 2.02. The third kappa shape index (κ3) is 3.61. The molecule has 1 aliphatic carbocycles. The Morgan fingerprint density at radius 1 is 1.25 bits per heavy atom. The smallest absolute Gasteiger partial charge is 0.257 e. The summed E-state index contributed by atoms with van der Waals surface area (Å²) in [5, 5.41) is 3.38. The Morgan fingerprint density at radius 2 is 2.00 bits per heavy atom. The van der Waals surface area contributed by atoms with Crippen molar-refractivity contribution in [2.24, 2.45) is 0 Å². The van der Waals surface area contributed by atoms with Crippen molar-refractivity contribution in [2.45, 2.75) is 57.7 Å². The Balaban J connectivity index is 1.68. The highest BCUT2D eigenvalue weighted by Gasteiger charge is 2.42. The molecular weight excluding hydrogens is 352 g/mol. The van der Waals surface area contributed by atoms with Crippen LogP contribution < -0.4 is 10.1 Å². The van der Waals surface area contributed by atoms with Crippen molar-refractivity contribution >= 4 is 5.91 Å². The lowest BCUT2D eigenvalue weighted by molar-refractivity contribution is 0.000382. The van der Waals surface area contributed by atoms with Crippen molar-refractivity contribution in [3.05, 3.63) is 53.1 Å². The van der Waals surface area contributed by atoms with E-state index in [1.165, 1.54) is 0 Å². The molecule has 2 aliphatic rings. The molecule has 0 atom stereocenters. The molecule has 6 heteroatoms. The molecule has 6 nitrogen and oxygen atoms in total. The van der Waals surface area contributed by atoms with E-state index >= 15 is 0 Å². The van der Waals surface area contributed by atoms with Gasteiger partial charge in [0.15, 0.2) is 0 Å². The first-order valence-corrected chi connectivity index (χ1v) is 10.0. The van der Waals surface area contributed by atoms with Crippen molar-refractivity contribution in [1.29, 1.82) is 0 Å². The lowest BCUT2D eigenvalue weighted by Gasteiger charge is -2.41. The van der Waals surface area contributed by atoms with Crippen molar-refractivity contribution in [3.63, 3.8) is 0 Å². The average molecular weight is 380 g/mol. The van der Waals surface area contributed by atoms with Crippen molar-refractivity contribution < 1.29 is 9.53 Å². The quantitative estimate of drug-likeness (QED) is 0.867. The molecule has 1 spiro atoms. The van der Waals surface area contributed by atoms with E-state index in [1.807, 2.05) is 50.1 Å². The van der Waals surface area contributed by atoms with Gasteiger partial charge >= 0.3 is 0 Å². The number of hydrogen-bond donors (Lipinski definition) is 1. The van der Waals surface area contributed by atoms with Gasteiger partial charge in [-0.05, 0) is 52.6 Å². The van der Waals surface area contributed by atoms with Crippen LogP contribution in [-0.2, 0) is 6.54 Å². The molecular formula is C22H28N4O2. The van der Waals surface area contributed by atoms with E-state index in [4.69, 9.17) is 4.74 Å². The van der Waals surface area contributed by atoms with Crippen LogP contribution in [0.15, 0.2) is 30.5 Å². The van der Waals surface area contributed by atoms with Crippen LogP contribution in [0.5, 0.6) is 5.75 Å². The fourth-order valence-electron chi connectivity index (χ4n) is 4.41. The highest BCUT2D eigenvalue weighted by atomic mass is 16.5. The number of amides is 1. The molecule has 28 heavy (non-hydrogen) atoms. The molecule has 0 radical (unpaired) electrons. The number of hydrogen-bond acceptors (Lipinski definition) is 5. The summed E-state index contributed by atoms with van der Waals surface area (Å²) < 4.78 is 6.59. The lowest BCUT2D eigenvalue weighted by Crippen LogP contribution is -2.51. The van der Waals surface area contributed by atoms with Crippen LogP contribution in [0.25, 0.3) is 0 Å². The molecule has 2 heterocycles. The number of nitrogens with one attached hydrogen (secondary N) is 1. The molecule has 1 aromatic carbocycles. The molecule has 0 bridgehead atoms. The minimum Gasteiger partial charge on any atom is -0.485 e. The van der Waals surface area contributed by atoms with Gasteiger partial charge in [-0.1, -0.05) is 18.2 Å². The van der Waals surface area contributed by atoms with Gasteiger partial charge in [-0.2, -0.15) is 0 Å². The standard InChI is InChI=1S/C22H28N4O2/c1-15-19(12-24-16(2)25-15)21(27)26-13-17-6-4-5-7-20(17)28-22(14-26)10-8-18(23-3)9-11-22/h4-7,12,18,23H,8-11,13-14H2,1-3H3. The number of rotatable bonds is 2. The Labute approximate surface area is 166 Å². The maximum absolute atomic E-state index is 13.4. The highest BCUT2D eigenvalue weighted by molar-refractivity contribution is 5.95. The summed E-state index contributed by atoms with van der Waals surface area (Å²) in [5.41, 5.74) is 2.01. The predicted octanol–water partition coefficient (Wildman–Crippen LogP) is 3.03. The first-order chi connectivity index (χ1) is 13.5. The monoisotopic (exact) mass is 380 g/mol. The average Bonchev–Trinajstić information content (AvgIpc) is 2.85. The van der Waals surface area contributed by atoms with E-state index < -0.39 is 0 Å². The molecule has 148 valence electrons. The van der Waals surface area contributed by atoms with E-state index in [-0.39, 0.29) is 11.5 Å².